The van der Waals surface area contributed by atoms with Gasteiger partial charge in [-0.2, -0.15) is 0 Å². The Morgan fingerprint density at radius 2 is 0.520 bits per heavy atom. The molecule has 0 heterocycles. The Kier molecular flexibility index (Phi) is 61.2. The molecule has 0 aromatic rings. The zero-order chi connectivity index (χ0) is 54.3. The second-order valence-corrected chi connectivity index (χ2v) is 22.0. The molecular formula is C69H124O6. The molecule has 6 nitrogen and oxygen atoms in total. The van der Waals surface area contributed by atoms with E-state index >= 15 is 0 Å². The fraction of sp³-hybridized carbons (Fsp3) is 0.812. The summed E-state index contributed by atoms with van der Waals surface area (Å²) in [6.07, 6.45) is 81.4. The van der Waals surface area contributed by atoms with Gasteiger partial charge in [-0.05, 0) is 83.5 Å². The maximum Gasteiger partial charge on any atom is 0.306 e. The van der Waals surface area contributed by atoms with E-state index in [1.165, 1.54) is 212 Å². The molecule has 0 saturated heterocycles. The molecule has 436 valence electrons. The number of carbonyl (C=O) groups excluding carboxylic acids is 3. The van der Waals surface area contributed by atoms with Crippen molar-refractivity contribution in [3.05, 3.63) is 60.8 Å². The Bertz CT molecular complexity index is 1340. The number of unbranched alkanes of at least 4 members (excludes halogenated alkanes) is 39. The van der Waals surface area contributed by atoms with Gasteiger partial charge >= 0.3 is 17.9 Å². The fourth-order valence-electron chi connectivity index (χ4n) is 9.61. The molecule has 0 aliphatic rings. The van der Waals surface area contributed by atoms with Crippen molar-refractivity contribution < 1.29 is 28.6 Å². The summed E-state index contributed by atoms with van der Waals surface area (Å²) in [5, 5.41) is 0. The maximum absolute atomic E-state index is 12.8. The third-order valence-electron chi connectivity index (χ3n) is 14.5. The second-order valence-electron chi connectivity index (χ2n) is 22.0. The van der Waals surface area contributed by atoms with E-state index in [2.05, 4.69) is 81.5 Å². The Labute approximate surface area is 466 Å². The highest BCUT2D eigenvalue weighted by Crippen LogP contribution is 2.18. The van der Waals surface area contributed by atoms with Gasteiger partial charge in [0.1, 0.15) is 13.2 Å². The van der Waals surface area contributed by atoms with Crippen LogP contribution in [0.2, 0.25) is 0 Å². The van der Waals surface area contributed by atoms with Crippen LogP contribution >= 0.6 is 0 Å². The molecule has 0 bridgehead atoms. The van der Waals surface area contributed by atoms with Gasteiger partial charge in [-0.1, -0.05) is 300 Å². The van der Waals surface area contributed by atoms with Crippen LogP contribution in [0.15, 0.2) is 60.8 Å². The van der Waals surface area contributed by atoms with Crippen LogP contribution in [-0.2, 0) is 28.6 Å². The first-order valence-electron chi connectivity index (χ1n) is 32.8. The van der Waals surface area contributed by atoms with Crippen molar-refractivity contribution in [1.82, 2.24) is 0 Å². The summed E-state index contributed by atoms with van der Waals surface area (Å²) >= 11 is 0. The normalized spacial score (nSPS) is 12.4. The molecule has 0 spiro atoms. The standard InChI is InChI=1S/C69H124O6/c1-4-7-10-13-16-19-21-23-24-25-26-27-28-29-30-31-32-33-34-35-36-37-38-39-40-41-42-43-44-46-47-50-53-56-59-62-68(71)74-65-66(64-73-67(70)61-58-55-52-49-18-15-12-9-6-3)75-69(72)63-60-57-54-51-48-45-22-20-17-14-11-8-5-2/h8,11,17,20-21,23,25-26,45,48,66H,4-7,9-10,12-16,18-19,22,24,27-44,46-47,49-65H2,1-3H3/b11-8-,20-17-,23-21-,26-25-,48-45-. The SMILES string of the molecule is CC/C=C\C/C=C\C/C=C\CCCCCC(=O)OC(COC(=O)CCCCCCCCCCC)COC(=O)CCCCCCCCCCCCCCCCCCCCCCCCC/C=C\C/C=C\CCCCCCC. The third-order valence-corrected chi connectivity index (χ3v) is 14.5. The smallest absolute Gasteiger partial charge is 0.306 e. The third kappa shape index (κ3) is 61.8. The number of hydrogen-bond acceptors (Lipinski definition) is 6. The lowest BCUT2D eigenvalue weighted by molar-refractivity contribution is -0.167. The lowest BCUT2D eigenvalue weighted by atomic mass is 10.0. The molecule has 0 saturated carbocycles. The van der Waals surface area contributed by atoms with Crippen LogP contribution in [0.1, 0.15) is 342 Å². The zero-order valence-electron chi connectivity index (χ0n) is 50.1. The van der Waals surface area contributed by atoms with Gasteiger partial charge in [0.05, 0.1) is 0 Å². The summed E-state index contributed by atoms with van der Waals surface area (Å²) in [6, 6.07) is 0. The van der Waals surface area contributed by atoms with Gasteiger partial charge in [0.25, 0.3) is 0 Å². The summed E-state index contributed by atoms with van der Waals surface area (Å²) in [5.41, 5.74) is 0. The minimum absolute atomic E-state index is 0.0818. The highest BCUT2D eigenvalue weighted by molar-refractivity contribution is 5.71. The predicted molar refractivity (Wildman–Crippen MR) is 325 cm³/mol. The molecule has 0 N–H and O–H groups in total. The Morgan fingerprint density at radius 1 is 0.280 bits per heavy atom. The van der Waals surface area contributed by atoms with Crippen LogP contribution < -0.4 is 0 Å². The lowest BCUT2D eigenvalue weighted by Crippen LogP contribution is -2.30. The number of ether oxygens (including phenoxy) is 3. The van der Waals surface area contributed by atoms with Crippen LogP contribution in [0.4, 0.5) is 0 Å². The van der Waals surface area contributed by atoms with E-state index in [1.54, 1.807) is 0 Å². The summed E-state index contributed by atoms with van der Waals surface area (Å²) < 4.78 is 16.8. The van der Waals surface area contributed by atoms with Gasteiger partial charge in [0.2, 0.25) is 0 Å². The number of esters is 3. The highest BCUT2D eigenvalue weighted by atomic mass is 16.6. The predicted octanol–water partition coefficient (Wildman–Crippen LogP) is 22.3. The molecule has 0 aliphatic carbocycles. The highest BCUT2D eigenvalue weighted by Gasteiger charge is 2.19. The topological polar surface area (TPSA) is 78.9 Å². The molecule has 75 heavy (non-hydrogen) atoms. The molecule has 0 rings (SSSR count). The van der Waals surface area contributed by atoms with Crippen molar-refractivity contribution in [1.29, 1.82) is 0 Å². The first-order chi connectivity index (χ1) is 37.0. The molecule has 6 heteroatoms. The van der Waals surface area contributed by atoms with Crippen LogP contribution in [0.3, 0.4) is 0 Å². The van der Waals surface area contributed by atoms with E-state index in [1.807, 2.05) is 0 Å². The molecule has 0 aliphatic heterocycles. The van der Waals surface area contributed by atoms with E-state index in [0.29, 0.717) is 19.3 Å². The van der Waals surface area contributed by atoms with Gasteiger partial charge in [-0.25, -0.2) is 0 Å². The van der Waals surface area contributed by atoms with Crippen molar-refractivity contribution in [2.24, 2.45) is 0 Å². The van der Waals surface area contributed by atoms with E-state index in [4.69, 9.17) is 14.2 Å². The average Bonchev–Trinajstić information content (AvgIpc) is 3.41. The summed E-state index contributed by atoms with van der Waals surface area (Å²) in [5.74, 6) is -0.900. The Hall–Kier alpha value is -2.89. The number of rotatable bonds is 60. The van der Waals surface area contributed by atoms with Crippen molar-refractivity contribution in [3.63, 3.8) is 0 Å². The zero-order valence-corrected chi connectivity index (χ0v) is 50.1. The van der Waals surface area contributed by atoms with E-state index in [-0.39, 0.29) is 31.1 Å². The molecule has 0 aromatic carbocycles. The quantitative estimate of drug-likeness (QED) is 0.0261. The molecule has 0 amide bonds. The maximum atomic E-state index is 12.8. The van der Waals surface area contributed by atoms with E-state index in [9.17, 15) is 14.4 Å². The summed E-state index contributed by atoms with van der Waals surface area (Å²) in [7, 11) is 0. The van der Waals surface area contributed by atoms with Crippen LogP contribution in [0, 0.1) is 0 Å². The number of hydrogen-bond donors (Lipinski definition) is 0. The number of carbonyl (C=O) groups is 3. The van der Waals surface area contributed by atoms with Crippen molar-refractivity contribution >= 4 is 17.9 Å². The number of allylic oxidation sites excluding steroid dienone is 10. The van der Waals surface area contributed by atoms with Crippen LogP contribution in [-0.4, -0.2) is 37.2 Å². The summed E-state index contributed by atoms with van der Waals surface area (Å²) in [4.78, 5) is 38.0. The molecular weight excluding hydrogens is 925 g/mol. The lowest BCUT2D eigenvalue weighted by Gasteiger charge is -2.18. The first-order valence-corrected chi connectivity index (χ1v) is 32.8. The minimum Gasteiger partial charge on any atom is -0.462 e. The fourth-order valence-corrected chi connectivity index (χ4v) is 9.61. The molecule has 1 unspecified atom stereocenters. The Morgan fingerprint density at radius 3 is 0.827 bits per heavy atom. The molecule has 0 aromatic heterocycles. The largest absolute Gasteiger partial charge is 0.462 e. The van der Waals surface area contributed by atoms with E-state index in [0.717, 1.165) is 89.9 Å². The minimum atomic E-state index is -0.784. The monoisotopic (exact) mass is 1050 g/mol. The molecule has 1 atom stereocenters. The van der Waals surface area contributed by atoms with Gasteiger partial charge in [-0.15, -0.1) is 0 Å². The average molecular weight is 1050 g/mol. The van der Waals surface area contributed by atoms with Gasteiger partial charge in [0, 0.05) is 19.3 Å². The van der Waals surface area contributed by atoms with Crippen molar-refractivity contribution in [2.75, 3.05) is 13.2 Å². The van der Waals surface area contributed by atoms with Gasteiger partial charge < -0.3 is 14.2 Å². The Balaban J connectivity index is 3.96. The van der Waals surface area contributed by atoms with Crippen molar-refractivity contribution in [2.45, 2.75) is 348 Å². The molecule has 0 fully saturated rings. The van der Waals surface area contributed by atoms with Crippen molar-refractivity contribution in [3.8, 4) is 0 Å². The van der Waals surface area contributed by atoms with E-state index < -0.39 is 6.10 Å². The first kappa shape index (κ1) is 72.1. The molecule has 0 radical (unpaired) electrons. The summed E-state index contributed by atoms with van der Waals surface area (Å²) in [6.45, 7) is 6.50. The van der Waals surface area contributed by atoms with Crippen LogP contribution in [0.25, 0.3) is 0 Å². The van der Waals surface area contributed by atoms with Gasteiger partial charge in [0.15, 0.2) is 6.10 Å². The van der Waals surface area contributed by atoms with Gasteiger partial charge in [-0.3, -0.25) is 14.4 Å². The van der Waals surface area contributed by atoms with Crippen LogP contribution in [0.5, 0.6) is 0 Å². The second kappa shape index (κ2) is 63.6.